The van der Waals surface area contributed by atoms with Crippen molar-refractivity contribution in [2.45, 2.75) is 58.9 Å². The zero-order valence-corrected chi connectivity index (χ0v) is 19.8. The minimum absolute atomic E-state index is 0.0896. The molecule has 33 heavy (non-hydrogen) atoms. The fraction of sp³-hybridized carbons (Fsp3) is 0.417. The number of nitrogens with one attached hydrogen (secondary N) is 3. The number of aliphatic carboxylic acids is 1. The predicted molar refractivity (Wildman–Crippen MR) is 128 cm³/mol. The highest BCUT2D eigenvalue weighted by molar-refractivity contribution is 6.31. The molecule has 0 saturated heterocycles. The van der Waals surface area contributed by atoms with Crippen LogP contribution in [0.5, 0.6) is 0 Å². The van der Waals surface area contributed by atoms with Crippen LogP contribution in [-0.4, -0.2) is 34.0 Å². The van der Waals surface area contributed by atoms with Gasteiger partial charge in [0.05, 0.1) is 10.7 Å². The summed E-state index contributed by atoms with van der Waals surface area (Å²) in [6.45, 7) is 5.88. The first-order valence-electron chi connectivity index (χ1n) is 11.0. The number of nitrogens with zero attached hydrogens (tertiary/aromatic N) is 1. The first-order chi connectivity index (χ1) is 15.7. The van der Waals surface area contributed by atoms with E-state index >= 15 is 0 Å². The van der Waals surface area contributed by atoms with Gasteiger partial charge in [-0.25, -0.2) is 14.6 Å². The number of carbonyl (C=O) groups is 3. The minimum Gasteiger partial charge on any atom is -0.480 e. The summed E-state index contributed by atoms with van der Waals surface area (Å²) < 4.78 is 0. The molecule has 3 rings (SSSR count). The molecule has 8 nitrogen and oxygen atoms in total. The molecule has 1 saturated carbocycles. The largest absolute Gasteiger partial charge is 0.480 e. The Labute approximate surface area is 198 Å². The summed E-state index contributed by atoms with van der Waals surface area (Å²) in [7, 11) is 0. The van der Waals surface area contributed by atoms with E-state index < -0.39 is 23.9 Å². The molecule has 0 spiro atoms. The molecule has 1 aliphatic rings. The molecule has 1 fully saturated rings. The van der Waals surface area contributed by atoms with Crippen LogP contribution in [0, 0.1) is 26.7 Å². The van der Waals surface area contributed by atoms with E-state index in [-0.39, 0.29) is 22.3 Å². The van der Waals surface area contributed by atoms with Gasteiger partial charge in [0.15, 0.2) is 5.69 Å². The molecule has 1 aliphatic carbocycles. The van der Waals surface area contributed by atoms with Crippen molar-refractivity contribution in [3.05, 3.63) is 51.8 Å². The van der Waals surface area contributed by atoms with Crippen LogP contribution in [0.2, 0.25) is 5.02 Å². The van der Waals surface area contributed by atoms with Gasteiger partial charge >= 0.3 is 12.0 Å². The summed E-state index contributed by atoms with van der Waals surface area (Å²) in [5, 5.41) is 17.9. The average molecular weight is 473 g/mol. The lowest BCUT2D eigenvalue weighted by atomic mass is 9.84. The van der Waals surface area contributed by atoms with E-state index in [4.69, 9.17) is 11.6 Å². The van der Waals surface area contributed by atoms with Crippen molar-refractivity contribution in [3.63, 3.8) is 0 Å². The number of halogens is 1. The maximum Gasteiger partial charge on any atom is 0.326 e. The van der Waals surface area contributed by atoms with Gasteiger partial charge in [-0.05, 0) is 68.4 Å². The number of hydrogen-bond acceptors (Lipinski definition) is 4. The molecule has 2 aromatic rings. The number of benzene rings is 1. The van der Waals surface area contributed by atoms with Gasteiger partial charge in [0.25, 0.3) is 5.91 Å². The molecule has 176 valence electrons. The van der Waals surface area contributed by atoms with E-state index in [0.717, 1.165) is 48.8 Å². The Kier molecular flexibility index (Phi) is 7.92. The van der Waals surface area contributed by atoms with Crippen molar-refractivity contribution in [2.75, 3.05) is 10.6 Å². The Bertz CT molecular complexity index is 1070. The maximum absolute atomic E-state index is 13.0. The third-order valence-corrected chi connectivity index (χ3v) is 6.50. The molecular weight excluding hydrogens is 444 g/mol. The normalized spacial score (nSPS) is 14.9. The molecule has 0 radical (unpaired) electrons. The fourth-order valence-electron chi connectivity index (χ4n) is 4.14. The molecule has 1 heterocycles. The summed E-state index contributed by atoms with van der Waals surface area (Å²) >= 11 is 6.05. The minimum atomic E-state index is -1.08. The molecule has 4 N–H and O–H groups in total. The van der Waals surface area contributed by atoms with Crippen LogP contribution in [0.25, 0.3) is 0 Å². The van der Waals surface area contributed by atoms with Gasteiger partial charge in [0.2, 0.25) is 0 Å². The van der Waals surface area contributed by atoms with Gasteiger partial charge < -0.3 is 21.1 Å². The van der Waals surface area contributed by atoms with Gasteiger partial charge in [-0.1, -0.05) is 36.9 Å². The van der Waals surface area contributed by atoms with E-state index in [9.17, 15) is 19.5 Å². The molecule has 3 amide bonds. The summed E-state index contributed by atoms with van der Waals surface area (Å²) in [4.78, 5) is 41.5. The van der Waals surface area contributed by atoms with E-state index in [2.05, 4.69) is 20.9 Å². The number of aromatic nitrogens is 1. The molecule has 1 aromatic carbocycles. The van der Waals surface area contributed by atoms with Gasteiger partial charge in [-0.15, -0.1) is 0 Å². The molecule has 0 aliphatic heterocycles. The molecule has 9 heteroatoms. The summed E-state index contributed by atoms with van der Waals surface area (Å²) in [6.07, 6.45) is 5.72. The van der Waals surface area contributed by atoms with Crippen molar-refractivity contribution in [1.29, 1.82) is 0 Å². The lowest BCUT2D eigenvalue weighted by Gasteiger charge is -2.28. The number of pyridine rings is 1. The number of carbonyl (C=O) groups excluding carboxylic acids is 2. The first kappa shape index (κ1) is 24.5. The Hall–Kier alpha value is -3.13. The van der Waals surface area contributed by atoms with Gasteiger partial charge in [0.1, 0.15) is 6.04 Å². The Morgan fingerprint density at radius 2 is 1.70 bits per heavy atom. The quantitative estimate of drug-likeness (QED) is 0.468. The highest BCUT2D eigenvalue weighted by Gasteiger charge is 2.32. The van der Waals surface area contributed by atoms with E-state index in [0.29, 0.717) is 5.69 Å². The molecule has 1 atom stereocenters. The van der Waals surface area contributed by atoms with Gasteiger partial charge in [-0.3, -0.25) is 4.79 Å². The standard InChI is InChI=1S/C24H29ClN4O4/c1-13-9-10-18(15(3)14(13)2)27-24(33)28-19-11-17(25)12-26-21(19)22(30)29-20(23(31)32)16-7-5-4-6-8-16/h9-12,16,20H,4-8H2,1-3H3,(H,29,30)(H,31,32)(H2,27,28,33)/t20-/m0/s1. The van der Waals surface area contributed by atoms with Crippen molar-refractivity contribution in [3.8, 4) is 0 Å². The monoisotopic (exact) mass is 472 g/mol. The van der Waals surface area contributed by atoms with Crippen LogP contribution in [0.1, 0.15) is 59.3 Å². The van der Waals surface area contributed by atoms with Crippen molar-refractivity contribution in [1.82, 2.24) is 10.3 Å². The number of urea groups is 1. The van der Waals surface area contributed by atoms with Gasteiger partial charge in [-0.2, -0.15) is 0 Å². The topological polar surface area (TPSA) is 120 Å². The van der Waals surface area contributed by atoms with Crippen LogP contribution < -0.4 is 16.0 Å². The average Bonchev–Trinajstić information content (AvgIpc) is 2.78. The SMILES string of the molecule is Cc1ccc(NC(=O)Nc2cc(Cl)cnc2C(=O)N[C@H](C(=O)O)C2CCCCC2)c(C)c1C. The predicted octanol–water partition coefficient (Wildman–Crippen LogP) is 5.07. The zero-order valence-electron chi connectivity index (χ0n) is 19.0. The van der Waals surface area contributed by atoms with Crippen molar-refractivity contribution in [2.24, 2.45) is 5.92 Å². The first-order valence-corrected chi connectivity index (χ1v) is 11.4. The summed E-state index contributed by atoms with van der Waals surface area (Å²) in [6, 6.07) is 3.54. The Morgan fingerprint density at radius 1 is 1.03 bits per heavy atom. The van der Waals surface area contributed by atoms with E-state index in [1.54, 1.807) is 0 Å². The fourth-order valence-corrected chi connectivity index (χ4v) is 4.30. The summed E-state index contributed by atoms with van der Waals surface area (Å²) in [5.41, 5.74) is 3.74. The highest BCUT2D eigenvalue weighted by atomic mass is 35.5. The lowest BCUT2D eigenvalue weighted by molar-refractivity contribution is -0.141. The number of rotatable bonds is 6. The third kappa shape index (κ3) is 6.01. The number of aryl methyl sites for hydroxylation is 1. The van der Waals surface area contributed by atoms with Crippen LogP contribution in [-0.2, 0) is 4.79 Å². The number of hydrogen-bond donors (Lipinski definition) is 4. The zero-order chi connectivity index (χ0) is 24.1. The second-order valence-electron chi connectivity index (χ2n) is 8.50. The van der Waals surface area contributed by atoms with E-state index in [1.165, 1.54) is 12.3 Å². The van der Waals surface area contributed by atoms with Crippen LogP contribution in [0.15, 0.2) is 24.4 Å². The number of carboxylic acid groups (broad SMARTS) is 1. The van der Waals surface area contributed by atoms with Crippen LogP contribution >= 0.6 is 11.6 Å². The summed E-state index contributed by atoms with van der Waals surface area (Å²) in [5.74, 6) is -1.90. The van der Waals surface area contributed by atoms with E-state index in [1.807, 2.05) is 32.9 Å². The Morgan fingerprint density at radius 3 is 2.36 bits per heavy atom. The molecule has 1 aromatic heterocycles. The number of amides is 3. The molecular formula is C24H29ClN4O4. The molecule has 0 unspecified atom stereocenters. The maximum atomic E-state index is 13.0. The highest BCUT2D eigenvalue weighted by Crippen LogP contribution is 2.28. The number of anilines is 2. The van der Waals surface area contributed by atoms with Gasteiger partial charge in [0, 0.05) is 11.9 Å². The van der Waals surface area contributed by atoms with Crippen LogP contribution in [0.4, 0.5) is 16.2 Å². The van der Waals surface area contributed by atoms with Crippen LogP contribution in [0.3, 0.4) is 0 Å². The smallest absolute Gasteiger partial charge is 0.326 e. The molecule has 0 bridgehead atoms. The van der Waals surface area contributed by atoms with Crippen molar-refractivity contribution < 1.29 is 19.5 Å². The Balaban J connectivity index is 1.78. The number of carboxylic acids is 1. The lowest BCUT2D eigenvalue weighted by Crippen LogP contribution is -2.47. The third-order valence-electron chi connectivity index (χ3n) is 6.30. The second-order valence-corrected chi connectivity index (χ2v) is 8.93. The second kappa shape index (κ2) is 10.7. The van der Waals surface area contributed by atoms with Crippen molar-refractivity contribution >= 4 is 40.9 Å².